The fourth-order valence-electron chi connectivity index (χ4n) is 3.63. The predicted octanol–water partition coefficient (Wildman–Crippen LogP) is 3.49. The van der Waals surface area contributed by atoms with E-state index in [-0.39, 0.29) is 5.82 Å². The number of anilines is 1. The molecule has 3 heterocycles. The van der Waals surface area contributed by atoms with Gasteiger partial charge in [-0.05, 0) is 50.5 Å². The molecule has 0 saturated carbocycles. The zero-order valence-electron chi connectivity index (χ0n) is 13.9. The molecule has 6 heteroatoms. The van der Waals surface area contributed by atoms with Gasteiger partial charge in [-0.25, -0.2) is 9.37 Å². The summed E-state index contributed by atoms with van der Waals surface area (Å²) in [5.74, 6) is 1.16. The van der Waals surface area contributed by atoms with Crippen LogP contribution in [0.3, 0.4) is 0 Å². The zero-order chi connectivity index (χ0) is 16.7. The number of nitrogens with one attached hydrogen (secondary N) is 1. The Balaban J connectivity index is 1.69. The second-order valence-corrected chi connectivity index (χ2v) is 6.46. The molecule has 1 N–H and O–H groups in total. The molecular weight excluding hydrogens is 305 g/mol. The third-order valence-corrected chi connectivity index (χ3v) is 5.03. The van der Waals surface area contributed by atoms with E-state index in [2.05, 4.69) is 32.0 Å². The van der Waals surface area contributed by atoms with Gasteiger partial charge in [-0.3, -0.25) is 10.1 Å². The highest BCUT2D eigenvalue weighted by Gasteiger charge is 2.25. The zero-order valence-corrected chi connectivity index (χ0v) is 13.9. The van der Waals surface area contributed by atoms with Crippen molar-refractivity contribution in [2.75, 3.05) is 18.0 Å². The van der Waals surface area contributed by atoms with Crippen LogP contribution < -0.4 is 4.90 Å². The lowest BCUT2D eigenvalue weighted by atomic mass is 9.94. The van der Waals surface area contributed by atoms with Gasteiger partial charge in [0.2, 0.25) is 0 Å². The van der Waals surface area contributed by atoms with Crippen molar-refractivity contribution in [3.63, 3.8) is 0 Å². The van der Waals surface area contributed by atoms with Crippen molar-refractivity contribution in [1.82, 2.24) is 20.2 Å². The summed E-state index contributed by atoms with van der Waals surface area (Å²) in [5, 5.41) is 7.83. The molecule has 2 aromatic heterocycles. The molecule has 1 aromatic carbocycles. The van der Waals surface area contributed by atoms with Crippen LogP contribution in [0.15, 0.2) is 24.5 Å². The first-order chi connectivity index (χ1) is 11.6. The van der Waals surface area contributed by atoms with Gasteiger partial charge in [0.1, 0.15) is 18.0 Å². The first-order valence-electron chi connectivity index (χ1n) is 8.30. The van der Waals surface area contributed by atoms with Gasteiger partial charge in [0.05, 0.1) is 11.2 Å². The highest BCUT2D eigenvalue weighted by molar-refractivity contribution is 5.94. The average molecular weight is 325 g/mol. The van der Waals surface area contributed by atoms with E-state index in [1.165, 1.54) is 6.07 Å². The van der Waals surface area contributed by atoms with E-state index < -0.39 is 0 Å². The smallest absolute Gasteiger partial charge is 0.137 e. The normalized spacial score (nSPS) is 16.0. The molecule has 0 atom stereocenters. The van der Waals surface area contributed by atoms with E-state index in [0.717, 1.165) is 59.6 Å². The molecule has 1 aliphatic rings. The fourth-order valence-corrected chi connectivity index (χ4v) is 3.63. The number of fused-ring (bicyclic) bond motifs is 1. The van der Waals surface area contributed by atoms with Crippen molar-refractivity contribution in [1.29, 1.82) is 0 Å². The Morgan fingerprint density at radius 1 is 1.21 bits per heavy atom. The Kier molecular flexibility index (Phi) is 3.67. The van der Waals surface area contributed by atoms with Crippen molar-refractivity contribution in [3.8, 4) is 0 Å². The molecule has 1 aliphatic heterocycles. The van der Waals surface area contributed by atoms with Crippen LogP contribution in [0.1, 0.15) is 35.8 Å². The second-order valence-electron chi connectivity index (χ2n) is 6.46. The number of H-pyrrole nitrogens is 1. The summed E-state index contributed by atoms with van der Waals surface area (Å²) in [6.45, 7) is 5.93. The van der Waals surface area contributed by atoms with Crippen LogP contribution in [0.2, 0.25) is 0 Å². The van der Waals surface area contributed by atoms with Crippen LogP contribution in [0.25, 0.3) is 10.9 Å². The van der Waals surface area contributed by atoms with E-state index in [0.29, 0.717) is 5.92 Å². The van der Waals surface area contributed by atoms with Gasteiger partial charge in [0.25, 0.3) is 0 Å². The SMILES string of the molecule is Cc1nc2ccc(F)cc2c(N2CCC(c3ncn[nH]3)CC2)c1C. The largest absolute Gasteiger partial charge is 0.371 e. The summed E-state index contributed by atoms with van der Waals surface area (Å²) in [5.41, 5.74) is 4.10. The molecule has 0 unspecified atom stereocenters. The number of aromatic amines is 1. The summed E-state index contributed by atoms with van der Waals surface area (Å²) in [7, 11) is 0. The standard InChI is InChI=1S/C18H20FN5/c1-11-12(2)22-16-4-3-14(19)9-15(16)17(11)24-7-5-13(6-8-24)18-20-10-21-23-18/h3-4,9-10,13H,5-8H2,1-2H3,(H,20,21,23). The summed E-state index contributed by atoms with van der Waals surface area (Å²) in [6, 6.07) is 4.85. The molecule has 5 nitrogen and oxygen atoms in total. The van der Waals surface area contributed by atoms with Crippen molar-refractivity contribution in [2.24, 2.45) is 0 Å². The third kappa shape index (κ3) is 2.52. The minimum Gasteiger partial charge on any atom is -0.371 e. The molecule has 4 rings (SSSR count). The van der Waals surface area contributed by atoms with E-state index in [1.54, 1.807) is 18.5 Å². The molecule has 0 aliphatic carbocycles. The predicted molar refractivity (Wildman–Crippen MR) is 91.7 cm³/mol. The van der Waals surface area contributed by atoms with E-state index in [9.17, 15) is 4.39 Å². The molecule has 0 amide bonds. The summed E-state index contributed by atoms with van der Waals surface area (Å²) < 4.78 is 13.8. The Morgan fingerprint density at radius 2 is 2.00 bits per heavy atom. The van der Waals surface area contributed by atoms with Crippen LogP contribution >= 0.6 is 0 Å². The number of hydrogen-bond acceptors (Lipinski definition) is 4. The number of halogens is 1. The van der Waals surface area contributed by atoms with Crippen LogP contribution in [-0.4, -0.2) is 33.3 Å². The Bertz CT molecular complexity index is 867. The van der Waals surface area contributed by atoms with E-state index in [4.69, 9.17) is 0 Å². The Hall–Kier alpha value is -2.50. The molecule has 24 heavy (non-hydrogen) atoms. The van der Waals surface area contributed by atoms with Gasteiger partial charge in [0.15, 0.2) is 0 Å². The lowest BCUT2D eigenvalue weighted by molar-refractivity contribution is 0.487. The van der Waals surface area contributed by atoms with Gasteiger partial charge in [-0.2, -0.15) is 5.10 Å². The van der Waals surface area contributed by atoms with Crippen molar-refractivity contribution < 1.29 is 4.39 Å². The quantitative estimate of drug-likeness (QED) is 0.783. The minimum absolute atomic E-state index is 0.217. The van der Waals surface area contributed by atoms with Gasteiger partial charge in [-0.15, -0.1) is 0 Å². The number of benzene rings is 1. The number of pyridine rings is 1. The lowest BCUT2D eigenvalue weighted by Crippen LogP contribution is -2.34. The molecule has 0 spiro atoms. The van der Waals surface area contributed by atoms with Crippen LogP contribution in [0.5, 0.6) is 0 Å². The maximum atomic E-state index is 13.8. The van der Waals surface area contributed by atoms with Crippen molar-refractivity contribution >= 4 is 16.6 Å². The van der Waals surface area contributed by atoms with Gasteiger partial charge >= 0.3 is 0 Å². The first-order valence-corrected chi connectivity index (χ1v) is 8.30. The van der Waals surface area contributed by atoms with Crippen LogP contribution in [-0.2, 0) is 0 Å². The average Bonchev–Trinajstić information content (AvgIpc) is 3.11. The van der Waals surface area contributed by atoms with Gasteiger partial charge < -0.3 is 4.90 Å². The van der Waals surface area contributed by atoms with Crippen LogP contribution in [0.4, 0.5) is 10.1 Å². The highest BCUT2D eigenvalue weighted by atomic mass is 19.1. The molecule has 0 radical (unpaired) electrons. The number of hydrogen-bond donors (Lipinski definition) is 1. The Labute approximate surface area is 139 Å². The van der Waals surface area contributed by atoms with E-state index in [1.807, 2.05) is 6.92 Å². The van der Waals surface area contributed by atoms with Crippen molar-refractivity contribution in [2.45, 2.75) is 32.6 Å². The minimum atomic E-state index is -0.217. The number of nitrogens with zero attached hydrogens (tertiary/aromatic N) is 4. The summed E-state index contributed by atoms with van der Waals surface area (Å²) >= 11 is 0. The second kappa shape index (κ2) is 5.85. The number of rotatable bonds is 2. The lowest BCUT2D eigenvalue weighted by Gasteiger charge is -2.34. The number of aryl methyl sites for hydroxylation is 1. The molecular formula is C18H20FN5. The Morgan fingerprint density at radius 3 is 2.71 bits per heavy atom. The highest BCUT2D eigenvalue weighted by Crippen LogP contribution is 2.35. The maximum absolute atomic E-state index is 13.8. The molecule has 1 saturated heterocycles. The molecule has 1 fully saturated rings. The fraction of sp³-hybridized carbons (Fsp3) is 0.389. The molecule has 3 aromatic rings. The monoisotopic (exact) mass is 325 g/mol. The topological polar surface area (TPSA) is 57.7 Å². The first kappa shape index (κ1) is 15.1. The molecule has 124 valence electrons. The van der Waals surface area contributed by atoms with Crippen LogP contribution in [0, 0.1) is 19.7 Å². The number of piperidine rings is 1. The van der Waals surface area contributed by atoms with Gasteiger partial charge in [-0.1, -0.05) is 0 Å². The van der Waals surface area contributed by atoms with Gasteiger partial charge in [0, 0.05) is 30.1 Å². The third-order valence-electron chi connectivity index (χ3n) is 5.03. The summed E-state index contributed by atoms with van der Waals surface area (Å²) in [4.78, 5) is 11.3. The van der Waals surface area contributed by atoms with Crippen molar-refractivity contribution in [3.05, 3.63) is 47.4 Å². The van der Waals surface area contributed by atoms with E-state index >= 15 is 0 Å². The number of aromatic nitrogens is 4. The molecule has 0 bridgehead atoms. The summed E-state index contributed by atoms with van der Waals surface area (Å²) in [6.07, 6.45) is 3.58. The maximum Gasteiger partial charge on any atom is 0.137 e.